The summed E-state index contributed by atoms with van der Waals surface area (Å²) < 4.78 is 1.39. The second-order valence-electron chi connectivity index (χ2n) is 7.36. The van der Waals surface area contributed by atoms with Gasteiger partial charge in [0.05, 0.1) is 0 Å². The van der Waals surface area contributed by atoms with Crippen LogP contribution in [0.15, 0.2) is 47.0 Å². The van der Waals surface area contributed by atoms with Crippen LogP contribution in [-0.4, -0.2) is 46.3 Å². The molecular weight excluding hydrogens is 350 g/mol. The molecule has 2 heterocycles. The molecule has 2 aliphatic heterocycles. The number of hydrogen-bond acceptors (Lipinski definition) is 3. The average Bonchev–Trinajstić information content (AvgIpc) is 3.10. The minimum atomic E-state index is 0.388. The van der Waals surface area contributed by atoms with E-state index in [2.05, 4.69) is 73.6 Å². The van der Waals surface area contributed by atoms with Gasteiger partial charge in [-0.2, -0.15) is 0 Å². The van der Waals surface area contributed by atoms with Crippen LogP contribution in [0.2, 0.25) is 0 Å². The number of nitrogens with one attached hydrogen (secondary N) is 1. The first-order valence-corrected chi connectivity index (χ1v) is 9.79. The number of rotatable bonds is 1. The summed E-state index contributed by atoms with van der Waals surface area (Å²) in [6.07, 6.45) is 22.9. The number of nitrogens with zero attached hydrogens (tertiary/aromatic N) is 2. The molecule has 0 amide bonds. The zero-order valence-electron chi connectivity index (χ0n) is 13.3. The van der Waals surface area contributed by atoms with Crippen molar-refractivity contribution in [3.63, 3.8) is 0 Å². The summed E-state index contributed by atoms with van der Waals surface area (Å²) in [5.74, 6) is 0. The van der Waals surface area contributed by atoms with Crippen molar-refractivity contribution in [1.82, 2.24) is 15.1 Å². The molecule has 5 aliphatic rings. The van der Waals surface area contributed by atoms with E-state index in [0.29, 0.717) is 36.5 Å². The second kappa shape index (κ2) is 5.69. The molecule has 0 spiro atoms. The van der Waals surface area contributed by atoms with Crippen LogP contribution in [0.3, 0.4) is 0 Å². The van der Waals surface area contributed by atoms with Gasteiger partial charge in [-0.05, 0) is 36.6 Å². The SMILES string of the molecule is BrC1=CC2C(CC1)N(C1C=CC=CC1)C1NC3CCC=CC3N21. The standard InChI is InChI=1S/C19H24BrN3/c20-13-10-11-17-18(12-13)23-16-9-5-4-8-15(16)21-19(23)22(17)14-6-2-1-3-7-14/h1-3,5-6,9,12,14-19,21H,4,7-8,10-11H2. The van der Waals surface area contributed by atoms with E-state index in [1.165, 1.54) is 30.2 Å². The summed E-state index contributed by atoms with van der Waals surface area (Å²) in [6, 6.07) is 2.87. The molecule has 2 fully saturated rings. The molecule has 5 rings (SSSR count). The first-order chi connectivity index (χ1) is 11.3. The van der Waals surface area contributed by atoms with Gasteiger partial charge in [0.15, 0.2) is 0 Å². The number of fused-ring (bicyclic) bond motifs is 5. The van der Waals surface area contributed by atoms with E-state index in [-0.39, 0.29) is 0 Å². The predicted octanol–water partition coefficient (Wildman–Crippen LogP) is 3.27. The van der Waals surface area contributed by atoms with Gasteiger partial charge < -0.3 is 0 Å². The average molecular weight is 374 g/mol. The van der Waals surface area contributed by atoms with Gasteiger partial charge in [0, 0.05) is 30.2 Å². The highest BCUT2D eigenvalue weighted by Crippen LogP contribution is 2.44. The second-order valence-corrected chi connectivity index (χ2v) is 8.38. The van der Waals surface area contributed by atoms with Crippen LogP contribution in [0, 0.1) is 0 Å². The molecular formula is C19H24BrN3. The Labute approximate surface area is 146 Å². The minimum Gasteiger partial charge on any atom is -0.285 e. The lowest BCUT2D eigenvalue weighted by molar-refractivity contribution is 0.0962. The summed E-state index contributed by atoms with van der Waals surface area (Å²) in [6.45, 7) is 0. The maximum Gasteiger partial charge on any atom is 0.119 e. The van der Waals surface area contributed by atoms with E-state index in [9.17, 15) is 0 Å². The normalized spacial score (nSPS) is 45.7. The van der Waals surface area contributed by atoms with E-state index in [1.807, 2.05) is 0 Å². The lowest BCUT2D eigenvalue weighted by Crippen LogP contribution is -2.52. The number of allylic oxidation sites excluding steroid dienone is 4. The number of halogens is 1. The molecule has 6 unspecified atom stereocenters. The molecule has 122 valence electrons. The lowest BCUT2D eigenvalue weighted by Gasteiger charge is -2.38. The Kier molecular flexibility index (Phi) is 3.63. The van der Waals surface area contributed by atoms with Gasteiger partial charge in [0.1, 0.15) is 6.29 Å². The van der Waals surface area contributed by atoms with E-state index >= 15 is 0 Å². The molecule has 0 bridgehead atoms. The predicted molar refractivity (Wildman–Crippen MR) is 97.1 cm³/mol. The van der Waals surface area contributed by atoms with Crippen molar-refractivity contribution in [3.8, 4) is 0 Å². The van der Waals surface area contributed by atoms with Crippen LogP contribution in [0.4, 0.5) is 0 Å². The molecule has 0 saturated carbocycles. The summed E-state index contributed by atoms with van der Waals surface area (Å²) in [5, 5.41) is 3.97. The van der Waals surface area contributed by atoms with Gasteiger partial charge in [-0.1, -0.05) is 58.5 Å². The Bertz CT molecular complexity index is 608. The Morgan fingerprint density at radius 1 is 1.04 bits per heavy atom. The third-order valence-electron chi connectivity index (χ3n) is 6.16. The summed E-state index contributed by atoms with van der Waals surface area (Å²) >= 11 is 3.78. The van der Waals surface area contributed by atoms with Gasteiger partial charge >= 0.3 is 0 Å². The topological polar surface area (TPSA) is 18.5 Å². The van der Waals surface area contributed by atoms with Crippen LogP contribution in [-0.2, 0) is 0 Å². The highest BCUT2D eigenvalue weighted by Gasteiger charge is 2.56. The zero-order chi connectivity index (χ0) is 15.4. The largest absolute Gasteiger partial charge is 0.285 e. The fourth-order valence-corrected chi connectivity index (χ4v) is 5.69. The molecule has 0 aromatic rings. The molecule has 2 saturated heterocycles. The van der Waals surface area contributed by atoms with Crippen LogP contribution >= 0.6 is 15.9 Å². The van der Waals surface area contributed by atoms with E-state index in [4.69, 9.17) is 0 Å². The monoisotopic (exact) mass is 373 g/mol. The molecule has 4 heteroatoms. The number of hydrogen-bond donors (Lipinski definition) is 1. The lowest BCUT2D eigenvalue weighted by atomic mass is 9.91. The van der Waals surface area contributed by atoms with Crippen LogP contribution in [0.5, 0.6) is 0 Å². The van der Waals surface area contributed by atoms with Gasteiger partial charge in [-0.15, -0.1) is 0 Å². The molecule has 3 nitrogen and oxygen atoms in total. The zero-order valence-corrected chi connectivity index (χ0v) is 14.9. The molecule has 0 radical (unpaired) electrons. The van der Waals surface area contributed by atoms with Gasteiger partial charge in [-0.3, -0.25) is 15.1 Å². The maximum atomic E-state index is 3.97. The van der Waals surface area contributed by atoms with Crippen molar-refractivity contribution in [3.05, 3.63) is 47.0 Å². The smallest absolute Gasteiger partial charge is 0.119 e. The fourth-order valence-electron chi connectivity index (χ4n) is 5.19. The van der Waals surface area contributed by atoms with Crippen LogP contribution in [0.1, 0.15) is 32.1 Å². The Hall–Kier alpha value is -0.680. The maximum absolute atomic E-state index is 3.97. The summed E-state index contributed by atoms with van der Waals surface area (Å²) in [5.41, 5.74) is 0. The van der Waals surface area contributed by atoms with E-state index < -0.39 is 0 Å². The van der Waals surface area contributed by atoms with Crippen LogP contribution in [0.25, 0.3) is 0 Å². The first-order valence-electron chi connectivity index (χ1n) is 9.00. The van der Waals surface area contributed by atoms with Gasteiger partial charge in [0.2, 0.25) is 0 Å². The minimum absolute atomic E-state index is 0.388. The van der Waals surface area contributed by atoms with Crippen molar-refractivity contribution in [2.75, 3.05) is 0 Å². The molecule has 3 aliphatic carbocycles. The van der Waals surface area contributed by atoms with Crippen molar-refractivity contribution in [2.45, 2.75) is 68.6 Å². The Morgan fingerprint density at radius 2 is 2.00 bits per heavy atom. The molecule has 6 atom stereocenters. The Morgan fingerprint density at radius 3 is 2.87 bits per heavy atom. The van der Waals surface area contributed by atoms with E-state index in [0.717, 1.165) is 6.42 Å². The van der Waals surface area contributed by atoms with E-state index in [1.54, 1.807) is 0 Å². The van der Waals surface area contributed by atoms with Crippen LogP contribution < -0.4 is 5.32 Å². The fraction of sp³-hybridized carbons (Fsp3) is 0.579. The molecule has 23 heavy (non-hydrogen) atoms. The highest BCUT2D eigenvalue weighted by molar-refractivity contribution is 9.11. The van der Waals surface area contributed by atoms with Gasteiger partial charge in [-0.25, -0.2) is 0 Å². The third kappa shape index (κ3) is 2.26. The molecule has 0 aromatic carbocycles. The van der Waals surface area contributed by atoms with Crippen molar-refractivity contribution in [1.29, 1.82) is 0 Å². The van der Waals surface area contributed by atoms with Crippen molar-refractivity contribution < 1.29 is 0 Å². The van der Waals surface area contributed by atoms with Crippen molar-refractivity contribution >= 4 is 15.9 Å². The highest BCUT2D eigenvalue weighted by atomic mass is 79.9. The Balaban J connectivity index is 1.53. The first kappa shape index (κ1) is 14.6. The van der Waals surface area contributed by atoms with Gasteiger partial charge in [0.25, 0.3) is 0 Å². The summed E-state index contributed by atoms with van der Waals surface area (Å²) in [7, 11) is 0. The molecule has 0 aromatic heterocycles. The summed E-state index contributed by atoms with van der Waals surface area (Å²) in [4.78, 5) is 5.52. The van der Waals surface area contributed by atoms with Crippen molar-refractivity contribution in [2.24, 2.45) is 0 Å². The molecule has 1 N–H and O–H groups in total. The quantitative estimate of drug-likeness (QED) is 0.711. The third-order valence-corrected chi connectivity index (χ3v) is 6.82.